The largest absolute Gasteiger partial charge is 0.319 e. The molecule has 0 unspecified atom stereocenters. The summed E-state index contributed by atoms with van der Waals surface area (Å²) in [4.78, 5) is 0. The van der Waals surface area contributed by atoms with Crippen LogP contribution in [0.25, 0.3) is 0 Å². The van der Waals surface area contributed by atoms with Gasteiger partial charge < -0.3 is 5.32 Å². The highest BCUT2D eigenvalue weighted by Gasteiger charge is 2.38. The minimum absolute atomic E-state index is 0. The summed E-state index contributed by atoms with van der Waals surface area (Å²) < 4.78 is 0. The fourth-order valence-corrected chi connectivity index (χ4v) is 2.98. The monoisotopic (exact) mass is 219 g/mol. The second-order valence-electron chi connectivity index (χ2n) is 6.34. The molecule has 0 atom stereocenters. The molecule has 0 aromatic heterocycles. The molecule has 0 heterocycles. The molecule has 1 rings (SSSR count). The molecule has 0 aromatic rings. The number of hydrogen-bond acceptors (Lipinski definition) is 1. The molecule has 0 amide bonds. The smallest absolute Gasteiger partial charge is 0.0000385 e. The van der Waals surface area contributed by atoms with Crippen LogP contribution in [0.2, 0.25) is 0 Å². The maximum Gasteiger partial charge on any atom is -0.0000385 e. The Hall–Kier alpha value is 0.250. The fourth-order valence-electron chi connectivity index (χ4n) is 2.98. The Morgan fingerprint density at radius 1 is 1.29 bits per heavy atom. The van der Waals surface area contributed by atoms with Crippen LogP contribution in [0, 0.1) is 16.7 Å². The topological polar surface area (TPSA) is 12.0 Å². The van der Waals surface area contributed by atoms with Gasteiger partial charge in [0.2, 0.25) is 0 Å². The van der Waals surface area contributed by atoms with Crippen LogP contribution in [0.15, 0.2) is 0 Å². The van der Waals surface area contributed by atoms with E-state index in [0.29, 0.717) is 10.8 Å². The first kappa shape index (κ1) is 14.2. The van der Waals surface area contributed by atoms with Crippen molar-refractivity contribution in [1.29, 1.82) is 0 Å². The third kappa shape index (κ3) is 4.18. The number of hydrogen-bond donors (Lipinski definition) is 1. The van der Waals surface area contributed by atoms with E-state index < -0.39 is 0 Å². The highest BCUT2D eigenvalue weighted by Crippen LogP contribution is 2.49. The molecule has 14 heavy (non-hydrogen) atoms. The molecule has 1 N–H and O–H groups in total. The van der Waals surface area contributed by atoms with Crippen LogP contribution in [0.4, 0.5) is 0 Å². The lowest BCUT2D eigenvalue weighted by atomic mass is 9.60. The summed E-state index contributed by atoms with van der Waals surface area (Å²) >= 11 is 0. The molecule has 1 nitrogen and oxygen atoms in total. The highest BCUT2D eigenvalue weighted by molar-refractivity contribution is 5.85. The van der Waals surface area contributed by atoms with Gasteiger partial charge in [-0.25, -0.2) is 0 Å². The minimum Gasteiger partial charge on any atom is -0.319 e. The van der Waals surface area contributed by atoms with Gasteiger partial charge in [-0.3, -0.25) is 0 Å². The van der Waals surface area contributed by atoms with Gasteiger partial charge in [-0.2, -0.15) is 0 Å². The summed E-state index contributed by atoms with van der Waals surface area (Å²) in [6.07, 6.45) is 4.25. The Bertz CT molecular complexity index is 167. The van der Waals surface area contributed by atoms with E-state index in [0.717, 1.165) is 12.5 Å². The third-order valence-corrected chi connectivity index (χ3v) is 3.18. The minimum atomic E-state index is 0. The van der Waals surface area contributed by atoms with Crippen molar-refractivity contribution < 1.29 is 0 Å². The van der Waals surface area contributed by atoms with E-state index in [2.05, 4.69) is 33.0 Å². The molecule has 86 valence electrons. The van der Waals surface area contributed by atoms with Gasteiger partial charge in [0.15, 0.2) is 0 Å². The molecular formula is C12H26ClN. The highest BCUT2D eigenvalue weighted by atomic mass is 35.5. The lowest BCUT2D eigenvalue weighted by Gasteiger charge is -2.45. The molecule has 0 bridgehead atoms. The predicted octanol–water partition coefficient (Wildman–Crippen LogP) is 3.48. The van der Waals surface area contributed by atoms with Crippen molar-refractivity contribution in [2.75, 3.05) is 13.6 Å². The van der Waals surface area contributed by atoms with Crippen LogP contribution >= 0.6 is 12.4 Å². The summed E-state index contributed by atoms with van der Waals surface area (Å²) in [5, 5.41) is 3.28. The van der Waals surface area contributed by atoms with Gasteiger partial charge in [0, 0.05) is 0 Å². The van der Waals surface area contributed by atoms with Gasteiger partial charge in [-0.15, -0.1) is 12.4 Å². The van der Waals surface area contributed by atoms with E-state index in [4.69, 9.17) is 0 Å². The first-order valence-corrected chi connectivity index (χ1v) is 5.49. The van der Waals surface area contributed by atoms with Crippen LogP contribution in [-0.4, -0.2) is 13.6 Å². The Kier molecular flexibility index (Phi) is 4.94. The Morgan fingerprint density at radius 2 is 1.79 bits per heavy atom. The summed E-state index contributed by atoms with van der Waals surface area (Å²) in [5.74, 6) is 0.985. The zero-order valence-electron chi connectivity index (χ0n) is 10.3. The third-order valence-electron chi connectivity index (χ3n) is 3.18. The molecule has 1 aliphatic rings. The van der Waals surface area contributed by atoms with Crippen molar-refractivity contribution >= 4 is 12.4 Å². The summed E-state index contributed by atoms with van der Waals surface area (Å²) in [6.45, 7) is 10.6. The van der Waals surface area contributed by atoms with Crippen molar-refractivity contribution in [3.05, 3.63) is 0 Å². The van der Waals surface area contributed by atoms with Crippen molar-refractivity contribution in [1.82, 2.24) is 5.32 Å². The average Bonchev–Trinajstić information content (AvgIpc) is 1.80. The van der Waals surface area contributed by atoms with Crippen molar-refractivity contribution in [3.8, 4) is 0 Å². The second-order valence-corrected chi connectivity index (χ2v) is 6.34. The number of rotatable bonds is 4. The van der Waals surface area contributed by atoms with E-state index in [-0.39, 0.29) is 12.4 Å². The van der Waals surface area contributed by atoms with E-state index in [1.165, 1.54) is 19.3 Å². The molecule has 0 saturated heterocycles. The van der Waals surface area contributed by atoms with Gasteiger partial charge in [-0.1, -0.05) is 27.7 Å². The lowest BCUT2D eigenvalue weighted by molar-refractivity contribution is 0.0588. The quantitative estimate of drug-likeness (QED) is 0.764. The molecule has 0 aliphatic heterocycles. The summed E-state index contributed by atoms with van der Waals surface area (Å²) in [5.41, 5.74) is 1.12. The van der Waals surface area contributed by atoms with E-state index >= 15 is 0 Å². The lowest BCUT2D eigenvalue weighted by Crippen LogP contribution is -2.37. The predicted molar refractivity (Wildman–Crippen MR) is 66.1 cm³/mol. The first-order chi connectivity index (χ1) is 5.85. The van der Waals surface area contributed by atoms with Gasteiger partial charge in [-0.05, 0) is 49.6 Å². The van der Waals surface area contributed by atoms with Crippen molar-refractivity contribution in [2.24, 2.45) is 16.7 Å². The van der Waals surface area contributed by atoms with Crippen LogP contribution in [0.3, 0.4) is 0 Å². The summed E-state index contributed by atoms with van der Waals surface area (Å²) in [6, 6.07) is 0. The fraction of sp³-hybridized carbons (Fsp3) is 1.00. The number of halogens is 1. The summed E-state index contributed by atoms with van der Waals surface area (Å²) in [7, 11) is 2.05. The Balaban J connectivity index is 0.00000169. The van der Waals surface area contributed by atoms with Crippen LogP contribution < -0.4 is 5.32 Å². The average molecular weight is 220 g/mol. The maximum atomic E-state index is 3.28. The maximum absolute atomic E-state index is 3.28. The van der Waals surface area contributed by atoms with Gasteiger partial charge >= 0.3 is 0 Å². The number of nitrogens with one attached hydrogen (secondary N) is 1. The van der Waals surface area contributed by atoms with Crippen LogP contribution in [0.5, 0.6) is 0 Å². The van der Waals surface area contributed by atoms with E-state index in [9.17, 15) is 0 Å². The van der Waals surface area contributed by atoms with Crippen molar-refractivity contribution in [3.63, 3.8) is 0 Å². The van der Waals surface area contributed by atoms with Crippen LogP contribution in [-0.2, 0) is 0 Å². The SMILES string of the molecule is CNCC(C)(C)CC1CC(C)(C)C1.Cl. The second kappa shape index (κ2) is 4.85. The Labute approximate surface area is 95.5 Å². The molecule has 2 heteroatoms. The van der Waals surface area contributed by atoms with Crippen molar-refractivity contribution in [2.45, 2.75) is 47.0 Å². The molecular weight excluding hydrogens is 194 g/mol. The molecule has 1 aliphatic carbocycles. The molecule has 1 saturated carbocycles. The normalized spacial score (nSPS) is 21.2. The van der Waals surface area contributed by atoms with E-state index in [1.54, 1.807) is 0 Å². The molecule has 0 aromatic carbocycles. The molecule has 0 radical (unpaired) electrons. The van der Waals surface area contributed by atoms with Crippen LogP contribution in [0.1, 0.15) is 47.0 Å². The van der Waals surface area contributed by atoms with Gasteiger partial charge in [0.1, 0.15) is 0 Å². The molecule has 1 fully saturated rings. The van der Waals surface area contributed by atoms with E-state index in [1.807, 2.05) is 7.05 Å². The standard InChI is InChI=1S/C12H25N.ClH/c1-11(2)6-10(7-11)8-12(3,4)9-13-5;/h10,13H,6-9H2,1-5H3;1H. The first-order valence-electron chi connectivity index (χ1n) is 5.49. The van der Waals surface area contributed by atoms with Gasteiger partial charge in [0.05, 0.1) is 0 Å². The Morgan fingerprint density at radius 3 is 2.14 bits per heavy atom. The zero-order valence-corrected chi connectivity index (χ0v) is 11.1. The zero-order chi connectivity index (χ0) is 10.1. The molecule has 0 spiro atoms. The van der Waals surface area contributed by atoms with Gasteiger partial charge in [0.25, 0.3) is 0 Å².